The number of fused-ring (bicyclic) bond motifs is 2. The first kappa shape index (κ1) is 21.4. The fraction of sp³-hybridized carbons (Fsp3) is 0.583. The van der Waals surface area contributed by atoms with Crippen molar-refractivity contribution < 1.29 is 18.1 Å². The number of nitrogens with one attached hydrogen (secondary N) is 1. The van der Waals surface area contributed by atoms with Gasteiger partial charge in [-0.25, -0.2) is 4.98 Å². The van der Waals surface area contributed by atoms with Crippen LogP contribution in [0.1, 0.15) is 60.4 Å². The molecular formula is C24H28F2N4O2S. The maximum absolute atomic E-state index is 14.7. The summed E-state index contributed by atoms with van der Waals surface area (Å²) in [5.41, 5.74) is 3.26. The third kappa shape index (κ3) is 3.55. The fourth-order valence-electron chi connectivity index (χ4n) is 5.49. The lowest BCUT2D eigenvalue weighted by molar-refractivity contribution is 0.0191. The van der Waals surface area contributed by atoms with E-state index in [0.29, 0.717) is 19.0 Å². The average Bonchev–Trinajstić information content (AvgIpc) is 3.00. The summed E-state index contributed by atoms with van der Waals surface area (Å²) >= 11 is 0. The number of anilines is 2. The summed E-state index contributed by atoms with van der Waals surface area (Å²) in [6.45, 7) is 1.25. The second-order valence-corrected chi connectivity index (χ2v) is 11.3. The number of hydrogen-bond acceptors (Lipinski definition) is 6. The van der Waals surface area contributed by atoms with Crippen LogP contribution in [0.2, 0.25) is 0 Å². The Bertz CT molecular complexity index is 1120. The fourth-order valence-corrected chi connectivity index (χ4v) is 6.83. The molecule has 1 aromatic carbocycles. The van der Waals surface area contributed by atoms with E-state index in [-0.39, 0.29) is 23.3 Å². The Kier molecular flexibility index (Phi) is 4.99. The third-order valence-corrected chi connectivity index (χ3v) is 9.35. The number of piperidine rings is 1. The van der Waals surface area contributed by atoms with E-state index in [1.165, 1.54) is 23.1 Å². The van der Waals surface area contributed by atoms with E-state index < -0.39 is 33.7 Å². The molecule has 2 fully saturated rings. The van der Waals surface area contributed by atoms with Crippen LogP contribution in [-0.2, 0) is 29.6 Å². The molecule has 0 radical (unpaired) electrons. The summed E-state index contributed by atoms with van der Waals surface area (Å²) in [7, 11) is -1.87. The van der Waals surface area contributed by atoms with Crippen molar-refractivity contribution in [2.24, 2.45) is 0 Å². The van der Waals surface area contributed by atoms with Gasteiger partial charge in [0.1, 0.15) is 16.4 Å². The quantitative estimate of drug-likeness (QED) is 0.691. The summed E-state index contributed by atoms with van der Waals surface area (Å²) in [5, 5.41) is 13.1. The van der Waals surface area contributed by atoms with Gasteiger partial charge in [-0.1, -0.05) is 18.2 Å². The molecule has 1 atom stereocenters. The first-order valence-electron chi connectivity index (χ1n) is 11.8. The summed E-state index contributed by atoms with van der Waals surface area (Å²) in [6.07, 6.45) is 6.55. The Labute approximate surface area is 194 Å². The van der Waals surface area contributed by atoms with Gasteiger partial charge in [-0.05, 0) is 67.6 Å². The van der Waals surface area contributed by atoms with Crippen LogP contribution in [0, 0.1) is 0 Å². The minimum Gasteiger partial charge on any atom is -0.394 e. The van der Waals surface area contributed by atoms with Crippen LogP contribution in [0.3, 0.4) is 0 Å². The van der Waals surface area contributed by atoms with Crippen LogP contribution in [-0.4, -0.2) is 50.3 Å². The van der Waals surface area contributed by atoms with Crippen LogP contribution < -0.4 is 10.2 Å². The molecule has 3 heterocycles. The van der Waals surface area contributed by atoms with Crippen molar-refractivity contribution in [2.45, 2.75) is 67.2 Å². The summed E-state index contributed by atoms with van der Waals surface area (Å²) in [5.74, 6) is -3.10. The summed E-state index contributed by atoms with van der Waals surface area (Å²) < 4.78 is 42.0. The van der Waals surface area contributed by atoms with Gasteiger partial charge in [0.2, 0.25) is 5.95 Å². The predicted octanol–water partition coefficient (Wildman–Crippen LogP) is 3.50. The maximum atomic E-state index is 14.7. The molecule has 2 aromatic rings. The molecule has 2 aliphatic heterocycles. The number of halogens is 2. The first-order valence-corrected chi connectivity index (χ1v) is 13.1. The number of rotatable bonds is 5. The second kappa shape index (κ2) is 7.70. The van der Waals surface area contributed by atoms with Crippen LogP contribution >= 0.6 is 0 Å². The number of benzene rings is 1. The number of alkyl halides is 2. The number of aromatic nitrogens is 2. The third-order valence-electron chi connectivity index (χ3n) is 7.88. The Morgan fingerprint density at radius 3 is 2.52 bits per heavy atom. The molecule has 6 rings (SSSR count). The van der Waals surface area contributed by atoms with Crippen molar-refractivity contribution in [3.63, 3.8) is 0 Å². The van der Waals surface area contributed by atoms with E-state index in [4.69, 9.17) is 0 Å². The van der Waals surface area contributed by atoms with Gasteiger partial charge in [0, 0.05) is 13.1 Å². The van der Waals surface area contributed by atoms with Gasteiger partial charge in [-0.3, -0.25) is 4.21 Å². The lowest BCUT2D eigenvalue weighted by Crippen LogP contribution is -2.49. The molecule has 6 nitrogen and oxygen atoms in total. The smallest absolute Gasteiger partial charge is 0.302 e. The van der Waals surface area contributed by atoms with Crippen molar-refractivity contribution in [3.05, 3.63) is 40.6 Å². The van der Waals surface area contributed by atoms with Gasteiger partial charge in [-0.2, -0.15) is 13.8 Å². The zero-order valence-corrected chi connectivity index (χ0v) is 19.3. The highest BCUT2D eigenvalue weighted by Gasteiger charge is 2.49. The molecule has 0 bridgehead atoms. The maximum Gasteiger partial charge on any atom is 0.302 e. The van der Waals surface area contributed by atoms with Crippen LogP contribution in [0.4, 0.5) is 20.5 Å². The van der Waals surface area contributed by atoms with Crippen molar-refractivity contribution >= 4 is 22.6 Å². The number of hydrogen-bond donors (Lipinski definition) is 2. The van der Waals surface area contributed by atoms with E-state index in [0.717, 1.165) is 38.5 Å². The number of aliphatic hydroxyl groups is 1. The number of aliphatic hydroxyl groups excluding tert-OH is 1. The van der Waals surface area contributed by atoms with E-state index >= 15 is 0 Å². The molecule has 33 heavy (non-hydrogen) atoms. The normalized spacial score (nSPS) is 25.1. The molecule has 2 N–H and O–H groups in total. The number of aryl methyl sites for hydroxylation is 2. The number of nitrogens with zero attached hydrogens (tertiary/aromatic N) is 3. The lowest BCUT2D eigenvalue weighted by atomic mass is 9.77. The van der Waals surface area contributed by atoms with Gasteiger partial charge in [0.05, 0.1) is 28.7 Å². The van der Waals surface area contributed by atoms with Gasteiger partial charge < -0.3 is 15.3 Å². The molecule has 9 heteroatoms. The molecule has 4 aliphatic rings. The van der Waals surface area contributed by atoms with Crippen molar-refractivity contribution in [3.8, 4) is 0 Å². The SMILES string of the molecule is O=[S@@]1CC(F)(F)c2nc(N3CCC(c4ccc5c(c4)CC5)CC3)nc(NC3(CO)CCC3)c21. The monoisotopic (exact) mass is 474 g/mol. The molecule has 1 saturated carbocycles. The molecule has 1 aromatic heterocycles. The standard InChI is InChI=1S/C24H28F2N4O2S/c25-24(26)14-33(32)19-20(24)27-22(28-21(19)29-23(13-31)8-1-9-23)30-10-6-16(7-11-30)18-5-3-15-2-4-17(15)12-18/h3,5,12,16,31H,1-2,4,6-11,13-14H2,(H,27,28,29)/t33-/m1/s1. The first-order chi connectivity index (χ1) is 15.9. The van der Waals surface area contributed by atoms with Crippen molar-refractivity contribution in [1.82, 2.24) is 9.97 Å². The van der Waals surface area contributed by atoms with E-state index in [1.54, 1.807) is 0 Å². The minimum absolute atomic E-state index is 0.000404. The highest BCUT2D eigenvalue weighted by Crippen LogP contribution is 2.45. The molecule has 0 amide bonds. The zero-order chi connectivity index (χ0) is 22.8. The molecule has 1 saturated heterocycles. The minimum atomic E-state index is -3.25. The highest BCUT2D eigenvalue weighted by atomic mass is 32.2. The highest BCUT2D eigenvalue weighted by molar-refractivity contribution is 7.85. The zero-order valence-electron chi connectivity index (χ0n) is 18.4. The summed E-state index contributed by atoms with van der Waals surface area (Å²) in [6, 6.07) is 6.80. The van der Waals surface area contributed by atoms with Gasteiger partial charge in [0.15, 0.2) is 0 Å². The van der Waals surface area contributed by atoms with E-state index in [9.17, 15) is 18.1 Å². The van der Waals surface area contributed by atoms with Crippen LogP contribution in [0.5, 0.6) is 0 Å². The van der Waals surface area contributed by atoms with E-state index in [2.05, 4.69) is 33.5 Å². The second-order valence-electron chi connectivity index (χ2n) is 9.95. The Hall–Kier alpha value is -2.13. The van der Waals surface area contributed by atoms with Crippen LogP contribution in [0.15, 0.2) is 23.1 Å². The topological polar surface area (TPSA) is 78.4 Å². The molecule has 2 aliphatic carbocycles. The van der Waals surface area contributed by atoms with Crippen molar-refractivity contribution in [2.75, 3.05) is 35.7 Å². The average molecular weight is 475 g/mol. The van der Waals surface area contributed by atoms with Gasteiger partial charge >= 0.3 is 5.92 Å². The Morgan fingerprint density at radius 2 is 1.91 bits per heavy atom. The van der Waals surface area contributed by atoms with Crippen LogP contribution in [0.25, 0.3) is 0 Å². The molecule has 0 unspecified atom stereocenters. The molecule has 0 spiro atoms. The largest absolute Gasteiger partial charge is 0.394 e. The Balaban J connectivity index is 1.27. The molecular weight excluding hydrogens is 446 g/mol. The molecule has 176 valence electrons. The van der Waals surface area contributed by atoms with Gasteiger partial charge in [0.25, 0.3) is 0 Å². The Morgan fingerprint density at radius 1 is 1.15 bits per heavy atom. The van der Waals surface area contributed by atoms with E-state index in [1.807, 2.05) is 4.90 Å². The van der Waals surface area contributed by atoms with Crippen molar-refractivity contribution in [1.29, 1.82) is 0 Å². The summed E-state index contributed by atoms with van der Waals surface area (Å²) in [4.78, 5) is 10.8. The van der Waals surface area contributed by atoms with Gasteiger partial charge in [-0.15, -0.1) is 0 Å². The predicted molar refractivity (Wildman–Crippen MR) is 123 cm³/mol. The lowest BCUT2D eigenvalue weighted by Gasteiger charge is -2.42.